The summed E-state index contributed by atoms with van der Waals surface area (Å²) in [6.45, 7) is 5.62. The third kappa shape index (κ3) is 2.93. The minimum absolute atomic E-state index is 0.0181. The summed E-state index contributed by atoms with van der Waals surface area (Å²) in [6, 6.07) is 3.72. The highest BCUT2D eigenvalue weighted by Gasteiger charge is 2.14. The zero-order chi connectivity index (χ0) is 16.6. The smallest absolute Gasteiger partial charge is 0.267 e. The van der Waals surface area contributed by atoms with Crippen LogP contribution >= 0.6 is 0 Å². The van der Waals surface area contributed by atoms with Crippen molar-refractivity contribution in [1.82, 2.24) is 34.8 Å². The Kier molecular flexibility index (Phi) is 3.61. The Hall–Kier alpha value is -3.10. The van der Waals surface area contributed by atoms with Crippen LogP contribution in [0.25, 0.3) is 5.78 Å². The summed E-state index contributed by atoms with van der Waals surface area (Å²) in [5.74, 6) is -0.0916. The molecule has 0 saturated carbocycles. The lowest BCUT2D eigenvalue weighted by atomic mass is 10.4. The zero-order valence-electron chi connectivity index (χ0n) is 13.3. The number of hydrogen-bond donors (Lipinski definition) is 1. The van der Waals surface area contributed by atoms with Crippen molar-refractivity contribution in [2.45, 2.75) is 20.8 Å². The van der Waals surface area contributed by atoms with E-state index in [-0.39, 0.29) is 5.82 Å². The van der Waals surface area contributed by atoms with E-state index in [1.54, 1.807) is 11.7 Å². The van der Waals surface area contributed by atoms with Crippen LogP contribution in [0.1, 0.15) is 33.4 Å². The van der Waals surface area contributed by atoms with Crippen molar-refractivity contribution in [3.63, 3.8) is 0 Å². The van der Waals surface area contributed by atoms with Gasteiger partial charge in [-0.25, -0.2) is 14.9 Å². The van der Waals surface area contributed by atoms with Crippen molar-refractivity contribution in [3.8, 4) is 0 Å². The number of aromatic nitrogens is 6. The normalized spacial score (nSPS) is 11.5. The third-order valence-electron chi connectivity index (χ3n) is 3.22. The molecule has 1 amide bonds. The second-order valence-corrected chi connectivity index (χ2v) is 5.22. The van der Waals surface area contributed by atoms with E-state index in [2.05, 4.69) is 30.7 Å². The summed E-state index contributed by atoms with van der Waals surface area (Å²) < 4.78 is 3.19. The van der Waals surface area contributed by atoms with Gasteiger partial charge in [-0.05, 0) is 32.9 Å². The minimum atomic E-state index is -0.498. The fourth-order valence-electron chi connectivity index (χ4n) is 2.22. The Morgan fingerprint density at radius 3 is 2.65 bits per heavy atom. The second-order valence-electron chi connectivity index (χ2n) is 5.22. The van der Waals surface area contributed by atoms with E-state index in [0.717, 1.165) is 22.8 Å². The number of nitrogens with zero attached hydrogens (tertiary/aromatic N) is 7. The van der Waals surface area contributed by atoms with Gasteiger partial charge in [-0.2, -0.15) is 15.2 Å². The van der Waals surface area contributed by atoms with Crippen molar-refractivity contribution in [3.05, 3.63) is 40.7 Å². The van der Waals surface area contributed by atoms with Crippen LogP contribution in [0.3, 0.4) is 0 Å². The zero-order valence-corrected chi connectivity index (χ0v) is 13.3. The standard InChI is InChI=1S/C14H16N8O/c1-8-5-10(3)22-14(16-8)17-12(20-22)13(23)18-15-7-11-6-9(2)19-21(11)4/h5-7H,1-4H3,(H,18,23)/b15-7+. The van der Waals surface area contributed by atoms with Crippen LogP contribution in [0.15, 0.2) is 17.2 Å². The summed E-state index contributed by atoms with van der Waals surface area (Å²) in [5, 5.41) is 12.2. The lowest BCUT2D eigenvalue weighted by Gasteiger charge is -1.97. The molecule has 9 nitrogen and oxygen atoms in total. The number of amides is 1. The van der Waals surface area contributed by atoms with Crippen LogP contribution in [0.2, 0.25) is 0 Å². The molecule has 9 heteroatoms. The molecule has 0 unspecified atom stereocenters. The Balaban J connectivity index is 1.78. The predicted molar refractivity (Wildman–Crippen MR) is 83.3 cm³/mol. The molecule has 1 N–H and O–H groups in total. The number of fused-ring (bicyclic) bond motifs is 1. The SMILES string of the molecule is Cc1cc(C)n2nc(C(=O)N/N=C/c3cc(C)nn3C)nc2n1. The molecule has 0 radical (unpaired) electrons. The number of rotatable bonds is 3. The van der Waals surface area contributed by atoms with Gasteiger partial charge < -0.3 is 0 Å². The first-order chi connectivity index (χ1) is 10.9. The average Bonchev–Trinajstić information content (AvgIpc) is 3.02. The van der Waals surface area contributed by atoms with Gasteiger partial charge in [0.15, 0.2) is 0 Å². The van der Waals surface area contributed by atoms with Crippen LogP contribution in [-0.4, -0.2) is 41.5 Å². The molecular formula is C14H16N8O. The average molecular weight is 312 g/mol. The molecule has 0 saturated heterocycles. The van der Waals surface area contributed by atoms with Gasteiger partial charge in [0, 0.05) is 18.4 Å². The number of carbonyl (C=O) groups is 1. The van der Waals surface area contributed by atoms with Gasteiger partial charge >= 0.3 is 5.91 Å². The summed E-state index contributed by atoms with van der Waals surface area (Å²) in [6.07, 6.45) is 1.52. The number of hydrazone groups is 1. The first-order valence-electron chi connectivity index (χ1n) is 6.99. The van der Waals surface area contributed by atoms with Gasteiger partial charge in [0.1, 0.15) is 0 Å². The largest absolute Gasteiger partial charge is 0.311 e. The van der Waals surface area contributed by atoms with Gasteiger partial charge in [-0.3, -0.25) is 9.48 Å². The van der Waals surface area contributed by atoms with Crippen LogP contribution in [-0.2, 0) is 7.05 Å². The first-order valence-corrected chi connectivity index (χ1v) is 6.99. The number of nitrogens with one attached hydrogen (secondary N) is 1. The molecule has 118 valence electrons. The number of carbonyl (C=O) groups excluding carboxylic acids is 1. The van der Waals surface area contributed by atoms with E-state index in [4.69, 9.17) is 0 Å². The van der Waals surface area contributed by atoms with Crippen molar-refractivity contribution >= 4 is 17.9 Å². The maximum atomic E-state index is 12.1. The van der Waals surface area contributed by atoms with E-state index in [0.29, 0.717) is 5.78 Å². The van der Waals surface area contributed by atoms with Crippen molar-refractivity contribution in [2.24, 2.45) is 12.1 Å². The molecule has 0 fully saturated rings. The molecule has 0 aliphatic carbocycles. The van der Waals surface area contributed by atoms with Gasteiger partial charge in [0.2, 0.25) is 5.82 Å². The van der Waals surface area contributed by atoms with Gasteiger partial charge in [0.25, 0.3) is 5.78 Å². The van der Waals surface area contributed by atoms with E-state index in [1.807, 2.05) is 32.9 Å². The minimum Gasteiger partial charge on any atom is -0.267 e. The molecule has 3 rings (SSSR count). The topological polar surface area (TPSA) is 102 Å². The molecule has 0 bridgehead atoms. The Labute approximate surface area is 132 Å². The van der Waals surface area contributed by atoms with Gasteiger partial charge in [-0.1, -0.05) is 0 Å². The third-order valence-corrected chi connectivity index (χ3v) is 3.22. The van der Waals surface area contributed by atoms with Crippen molar-refractivity contribution in [1.29, 1.82) is 0 Å². The molecule has 0 aliphatic heterocycles. The second kappa shape index (κ2) is 5.59. The molecule has 3 aromatic heterocycles. The first kappa shape index (κ1) is 14.8. The highest BCUT2D eigenvalue weighted by molar-refractivity contribution is 5.91. The summed E-state index contributed by atoms with van der Waals surface area (Å²) >= 11 is 0. The molecule has 3 aromatic rings. The Bertz CT molecular complexity index is 920. The summed E-state index contributed by atoms with van der Waals surface area (Å²) in [4.78, 5) is 20.4. The van der Waals surface area contributed by atoms with E-state index in [9.17, 15) is 4.79 Å². The number of hydrogen-bond acceptors (Lipinski definition) is 6. The van der Waals surface area contributed by atoms with Crippen LogP contribution in [0, 0.1) is 20.8 Å². The maximum absolute atomic E-state index is 12.1. The maximum Gasteiger partial charge on any atom is 0.311 e. The monoisotopic (exact) mass is 312 g/mol. The van der Waals surface area contributed by atoms with Crippen LogP contribution in [0.5, 0.6) is 0 Å². The van der Waals surface area contributed by atoms with Crippen molar-refractivity contribution in [2.75, 3.05) is 0 Å². The van der Waals surface area contributed by atoms with Gasteiger partial charge in [0.05, 0.1) is 17.6 Å². The van der Waals surface area contributed by atoms with Crippen LogP contribution in [0.4, 0.5) is 0 Å². The Morgan fingerprint density at radius 1 is 1.17 bits per heavy atom. The predicted octanol–water partition coefficient (Wildman–Crippen LogP) is 0.547. The Morgan fingerprint density at radius 2 is 1.96 bits per heavy atom. The fraction of sp³-hybridized carbons (Fsp3) is 0.286. The molecular weight excluding hydrogens is 296 g/mol. The molecule has 0 spiro atoms. The summed E-state index contributed by atoms with van der Waals surface area (Å²) in [7, 11) is 1.80. The molecule has 3 heterocycles. The molecule has 0 aliphatic rings. The van der Waals surface area contributed by atoms with E-state index >= 15 is 0 Å². The quantitative estimate of drug-likeness (QED) is 0.562. The number of aryl methyl sites for hydroxylation is 4. The molecule has 0 aromatic carbocycles. The lowest BCUT2D eigenvalue weighted by Crippen LogP contribution is -2.19. The van der Waals surface area contributed by atoms with Gasteiger partial charge in [-0.15, -0.1) is 5.10 Å². The highest BCUT2D eigenvalue weighted by Crippen LogP contribution is 2.05. The van der Waals surface area contributed by atoms with Crippen molar-refractivity contribution < 1.29 is 4.79 Å². The summed E-state index contributed by atoms with van der Waals surface area (Å²) in [5.41, 5.74) is 5.73. The van der Waals surface area contributed by atoms with Crippen LogP contribution < -0.4 is 5.43 Å². The van der Waals surface area contributed by atoms with E-state index in [1.165, 1.54) is 10.7 Å². The molecule has 0 atom stereocenters. The molecule has 23 heavy (non-hydrogen) atoms. The highest BCUT2D eigenvalue weighted by atomic mass is 16.2. The fourth-order valence-corrected chi connectivity index (χ4v) is 2.22. The lowest BCUT2D eigenvalue weighted by molar-refractivity contribution is 0.0945. The van der Waals surface area contributed by atoms with E-state index < -0.39 is 5.91 Å².